The van der Waals surface area contributed by atoms with E-state index < -0.39 is 0 Å². The minimum absolute atomic E-state index is 0.216. The van der Waals surface area contributed by atoms with Gasteiger partial charge in [0.15, 0.2) is 0 Å². The van der Waals surface area contributed by atoms with Gasteiger partial charge in [-0.2, -0.15) is 0 Å². The van der Waals surface area contributed by atoms with E-state index in [0.717, 1.165) is 0 Å². The van der Waals surface area contributed by atoms with Gasteiger partial charge in [0.05, 0.1) is 5.38 Å². The Hall–Kier alpha value is -0.490. The SMILES string of the molecule is CCCc1ccc(C(Cl)C2CCCCCCC2)cc1. The molecule has 106 valence electrons. The largest absolute Gasteiger partial charge is 0.118 e. The molecule has 19 heavy (non-hydrogen) atoms. The van der Waals surface area contributed by atoms with Gasteiger partial charge in [-0.05, 0) is 36.3 Å². The Labute approximate surface area is 123 Å². The van der Waals surface area contributed by atoms with Crippen LogP contribution in [0.5, 0.6) is 0 Å². The molecular formula is C18H27Cl. The van der Waals surface area contributed by atoms with E-state index in [1.807, 2.05) is 0 Å². The summed E-state index contributed by atoms with van der Waals surface area (Å²) in [6, 6.07) is 9.02. The van der Waals surface area contributed by atoms with Crippen LogP contribution in [-0.2, 0) is 6.42 Å². The highest BCUT2D eigenvalue weighted by molar-refractivity contribution is 6.21. The number of rotatable bonds is 4. The van der Waals surface area contributed by atoms with E-state index in [-0.39, 0.29) is 5.38 Å². The Morgan fingerprint density at radius 1 is 1.00 bits per heavy atom. The second-order valence-electron chi connectivity index (χ2n) is 6.00. The van der Waals surface area contributed by atoms with Crippen LogP contribution in [0.25, 0.3) is 0 Å². The Bertz CT molecular complexity index is 346. The Balaban J connectivity index is 1.98. The number of alkyl halides is 1. The summed E-state index contributed by atoms with van der Waals surface area (Å²) in [5, 5.41) is 0.216. The minimum Gasteiger partial charge on any atom is -0.118 e. The Kier molecular flexibility index (Phi) is 6.23. The van der Waals surface area contributed by atoms with Crippen LogP contribution in [0.3, 0.4) is 0 Å². The molecule has 2 rings (SSSR count). The normalized spacial score (nSPS) is 19.7. The van der Waals surface area contributed by atoms with Crippen molar-refractivity contribution in [1.82, 2.24) is 0 Å². The van der Waals surface area contributed by atoms with Crippen LogP contribution < -0.4 is 0 Å². The lowest BCUT2D eigenvalue weighted by atomic mass is 9.86. The first-order valence-corrected chi connectivity index (χ1v) is 8.48. The molecular weight excluding hydrogens is 252 g/mol. The molecule has 0 N–H and O–H groups in total. The van der Waals surface area contributed by atoms with Crippen molar-refractivity contribution in [3.8, 4) is 0 Å². The van der Waals surface area contributed by atoms with Gasteiger partial charge in [-0.1, -0.05) is 69.7 Å². The number of aryl methyl sites for hydroxylation is 1. The third-order valence-electron chi connectivity index (χ3n) is 4.40. The lowest BCUT2D eigenvalue weighted by Crippen LogP contribution is -2.10. The summed E-state index contributed by atoms with van der Waals surface area (Å²) >= 11 is 6.74. The number of hydrogen-bond acceptors (Lipinski definition) is 0. The lowest BCUT2D eigenvalue weighted by Gasteiger charge is -2.24. The molecule has 1 aliphatic carbocycles. The molecule has 0 spiro atoms. The zero-order chi connectivity index (χ0) is 13.5. The Morgan fingerprint density at radius 2 is 1.58 bits per heavy atom. The molecule has 1 heteroatoms. The Morgan fingerprint density at radius 3 is 2.16 bits per heavy atom. The molecule has 0 aromatic heterocycles. The maximum absolute atomic E-state index is 6.74. The third-order valence-corrected chi connectivity index (χ3v) is 5.01. The maximum Gasteiger partial charge on any atom is 0.0613 e. The van der Waals surface area contributed by atoms with Crippen molar-refractivity contribution in [3.05, 3.63) is 35.4 Å². The fourth-order valence-electron chi connectivity index (χ4n) is 3.21. The van der Waals surface area contributed by atoms with E-state index in [1.54, 1.807) is 0 Å². The predicted octanol–water partition coefficient (Wildman–Crippen LogP) is 6.28. The van der Waals surface area contributed by atoms with Crippen LogP contribution in [0.2, 0.25) is 0 Å². The fourth-order valence-corrected chi connectivity index (χ4v) is 3.61. The first-order valence-electron chi connectivity index (χ1n) is 8.04. The predicted molar refractivity (Wildman–Crippen MR) is 84.8 cm³/mol. The summed E-state index contributed by atoms with van der Waals surface area (Å²) in [6.45, 7) is 2.23. The molecule has 0 nitrogen and oxygen atoms in total. The van der Waals surface area contributed by atoms with Gasteiger partial charge in [-0.15, -0.1) is 11.6 Å². The van der Waals surface area contributed by atoms with Crippen LogP contribution in [0.15, 0.2) is 24.3 Å². The van der Waals surface area contributed by atoms with Crippen molar-refractivity contribution in [2.24, 2.45) is 5.92 Å². The minimum atomic E-state index is 0.216. The molecule has 0 heterocycles. The highest BCUT2D eigenvalue weighted by atomic mass is 35.5. The highest BCUT2D eigenvalue weighted by Crippen LogP contribution is 2.37. The van der Waals surface area contributed by atoms with Gasteiger partial charge in [-0.25, -0.2) is 0 Å². The molecule has 0 saturated heterocycles. The smallest absolute Gasteiger partial charge is 0.0613 e. The fraction of sp³-hybridized carbons (Fsp3) is 0.667. The lowest BCUT2D eigenvalue weighted by molar-refractivity contribution is 0.368. The number of halogens is 1. The molecule has 1 aromatic carbocycles. The van der Waals surface area contributed by atoms with Gasteiger partial charge in [0.25, 0.3) is 0 Å². The van der Waals surface area contributed by atoms with E-state index in [9.17, 15) is 0 Å². The summed E-state index contributed by atoms with van der Waals surface area (Å²) in [6.07, 6.45) is 12.0. The van der Waals surface area contributed by atoms with E-state index in [1.165, 1.54) is 68.9 Å². The molecule has 1 saturated carbocycles. The average molecular weight is 279 g/mol. The van der Waals surface area contributed by atoms with Crippen molar-refractivity contribution in [1.29, 1.82) is 0 Å². The highest BCUT2D eigenvalue weighted by Gasteiger charge is 2.21. The third kappa shape index (κ3) is 4.53. The van der Waals surface area contributed by atoms with E-state index in [0.29, 0.717) is 5.92 Å². The molecule has 0 radical (unpaired) electrons. The summed E-state index contributed by atoms with van der Waals surface area (Å²) in [7, 11) is 0. The second kappa shape index (κ2) is 7.94. The van der Waals surface area contributed by atoms with Gasteiger partial charge in [-0.3, -0.25) is 0 Å². The number of benzene rings is 1. The quantitative estimate of drug-likeness (QED) is 0.569. The van der Waals surface area contributed by atoms with Crippen LogP contribution >= 0.6 is 11.6 Å². The molecule has 0 amide bonds. The van der Waals surface area contributed by atoms with Gasteiger partial charge >= 0.3 is 0 Å². The van der Waals surface area contributed by atoms with Crippen LogP contribution in [0.1, 0.15) is 74.8 Å². The van der Waals surface area contributed by atoms with E-state index >= 15 is 0 Å². The van der Waals surface area contributed by atoms with Crippen molar-refractivity contribution in [2.45, 2.75) is 70.1 Å². The maximum atomic E-state index is 6.74. The van der Waals surface area contributed by atoms with Gasteiger partial charge in [0.2, 0.25) is 0 Å². The molecule has 1 aromatic rings. The zero-order valence-electron chi connectivity index (χ0n) is 12.2. The topological polar surface area (TPSA) is 0 Å². The summed E-state index contributed by atoms with van der Waals surface area (Å²) < 4.78 is 0. The van der Waals surface area contributed by atoms with Crippen molar-refractivity contribution in [2.75, 3.05) is 0 Å². The zero-order valence-corrected chi connectivity index (χ0v) is 13.0. The summed E-state index contributed by atoms with van der Waals surface area (Å²) in [5.74, 6) is 0.680. The van der Waals surface area contributed by atoms with Crippen LogP contribution in [0.4, 0.5) is 0 Å². The first kappa shape index (κ1) is 14.9. The summed E-state index contributed by atoms with van der Waals surface area (Å²) in [5.41, 5.74) is 2.76. The van der Waals surface area contributed by atoms with Crippen molar-refractivity contribution in [3.63, 3.8) is 0 Å². The molecule has 1 fully saturated rings. The van der Waals surface area contributed by atoms with E-state index in [2.05, 4.69) is 31.2 Å². The molecule has 1 atom stereocenters. The number of hydrogen-bond donors (Lipinski definition) is 0. The van der Waals surface area contributed by atoms with Crippen LogP contribution in [0, 0.1) is 5.92 Å². The standard InChI is InChI=1S/C18H27Cl/c1-2-8-15-11-13-17(14-12-15)18(19)16-9-6-4-3-5-7-10-16/h11-14,16,18H,2-10H2,1H3. The molecule has 0 aliphatic heterocycles. The molecule has 0 bridgehead atoms. The van der Waals surface area contributed by atoms with E-state index in [4.69, 9.17) is 11.6 Å². The van der Waals surface area contributed by atoms with Gasteiger partial charge in [0.1, 0.15) is 0 Å². The van der Waals surface area contributed by atoms with Gasteiger partial charge in [0, 0.05) is 0 Å². The molecule has 1 aliphatic rings. The second-order valence-corrected chi connectivity index (χ2v) is 6.47. The average Bonchev–Trinajstić information content (AvgIpc) is 2.39. The van der Waals surface area contributed by atoms with Crippen molar-refractivity contribution >= 4 is 11.6 Å². The monoisotopic (exact) mass is 278 g/mol. The first-order chi connectivity index (χ1) is 9.31. The molecule has 1 unspecified atom stereocenters. The van der Waals surface area contributed by atoms with Crippen molar-refractivity contribution < 1.29 is 0 Å². The van der Waals surface area contributed by atoms with Crippen LogP contribution in [-0.4, -0.2) is 0 Å². The van der Waals surface area contributed by atoms with Gasteiger partial charge < -0.3 is 0 Å². The summed E-state index contributed by atoms with van der Waals surface area (Å²) in [4.78, 5) is 0.